The van der Waals surface area contributed by atoms with Crippen LogP contribution in [0.1, 0.15) is 32.8 Å². The summed E-state index contributed by atoms with van der Waals surface area (Å²) in [4.78, 5) is 7.20. The van der Waals surface area contributed by atoms with Gasteiger partial charge in [-0.15, -0.1) is 24.0 Å². The molecule has 7 heteroatoms. The van der Waals surface area contributed by atoms with Gasteiger partial charge in [0.05, 0.1) is 19.3 Å². The van der Waals surface area contributed by atoms with Gasteiger partial charge in [-0.25, -0.2) is 0 Å². The molecule has 1 aliphatic rings. The molecular formula is C21H37IN4O2. The number of benzene rings is 1. The SMILES string of the molecule is CCNC(=NCCCN1CC(C)OC(C)C1)NCCc1ccccc1OC.I. The Labute approximate surface area is 187 Å². The molecule has 1 saturated heterocycles. The standard InChI is InChI=1S/C21H36N4O2.HI/c1-5-22-21(24-13-11-19-9-6-7-10-20(19)26-4)23-12-8-14-25-15-17(2)27-18(3)16-25;/h6-7,9-10,17-18H,5,8,11-16H2,1-4H3,(H2,22,23,24);1H. The molecule has 2 atom stereocenters. The Morgan fingerprint density at radius 1 is 1.21 bits per heavy atom. The molecule has 0 aromatic heterocycles. The van der Waals surface area contributed by atoms with Crippen molar-refractivity contribution in [3.05, 3.63) is 29.8 Å². The number of aliphatic imine (C=N–C) groups is 1. The van der Waals surface area contributed by atoms with E-state index in [1.54, 1.807) is 7.11 Å². The maximum atomic E-state index is 5.79. The van der Waals surface area contributed by atoms with Gasteiger partial charge < -0.3 is 20.1 Å². The van der Waals surface area contributed by atoms with Crippen molar-refractivity contribution in [1.29, 1.82) is 0 Å². The molecule has 28 heavy (non-hydrogen) atoms. The van der Waals surface area contributed by atoms with E-state index in [0.717, 1.165) is 63.8 Å². The second-order valence-electron chi connectivity index (χ2n) is 7.12. The van der Waals surface area contributed by atoms with E-state index in [1.807, 2.05) is 18.2 Å². The molecule has 2 rings (SSSR count). The van der Waals surface area contributed by atoms with Gasteiger partial charge in [0.1, 0.15) is 5.75 Å². The normalized spacial score (nSPS) is 20.4. The zero-order valence-corrected chi connectivity index (χ0v) is 20.1. The van der Waals surface area contributed by atoms with Crippen molar-refractivity contribution < 1.29 is 9.47 Å². The fourth-order valence-electron chi connectivity index (χ4n) is 3.52. The third kappa shape index (κ3) is 8.96. The first kappa shape index (κ1) is 25.0. The number of nitrogens with one attached hydrogen (secondary N) is 2. The maximum absolute atomic E-state index is 5.79. The van der Waals surface area contributed by atoms with Crippen LogP contribution in [0.4, 0.5) is 0 Å². The van der Waals surface area contributed by atoms with Crippen LogP contribution < -0.4 is 15.4 Å². The van der Waals surface area contributed by atoms with Gasteiger partial charge in [-0.05, 0) is 45.2 Å². The highest BCUT2D eigenvalue weighted by molar-refractivity contribution is 14.0. The minimum absolute atomic E-state index is 0. The largest absolute Gasteiger partial charge is 0.496 e. The van der Waals surface area contributed by atoms with Gasteiger partial charge in [-0.2, -0.15) is 0 Å². The summed E-state index contributed by atoms with van der Waals surface area (Å²) < 4.78 is 11.2. The summed E-state index contributed by atoms with van der Waals surface area (Å²) in [6, 6.07) is 8.15. The molecule has 1 fully saturated rings. The van der Waals surface area contributed by atoms with Gasteiger partial charge in [0.25, 0.3) is 0 Å². The fourth-order valence-corrected chi connectivity index (χ4v) is 3.52. The number of morpholine rings is 1. The number of nitrogens with zero attached hydrogens (tertiary/aromatic N) is 2. The number of guanidine groups is 1. The molecule has 1 aliphatic heterocycles. The van der Waals surface area contributed by atoms with Crippen LogP contribution in [0.3, 0.4) is 0 Å². The molecular weight excluding hydrogens is 467 g/mol. The molecule has 160 valence electrons. The van der Waals surface area contributed by atoms with Crippen LogP contribution >= 0.6 is 24.0 Å². The molecule has 1 heterocycles. The Bertz CT molecular complexity index is 575. The van der Waals surface area contributed by atoms with Crippen molar-refractivity contribution >= 4 is 29.9 Å². The lowest BCUT2D eigenvalue weighted by Crippen LogP contribution is -2.45. The molecule has 2 N–H and O–H groups in total. The number of hydrogen-bond acceptors (Lipinski definition) is 4. The van der Waals surface area contributed by atoms with Gasteiger partial charge in [0.15, 0.2) is 5.96 Å². The number of halogens is 1. The first-order valence-electron chi connectivity index (χ1n) is 10.1. The predicted molar refractivity (Wildman–Crippen MR) is 127 cm³/mol. The van der Waals surface area contributed by atoms with Crippen LogP contribution in [0, 0.1) is 0 Å². The number of methoxy groups -OCH3 is 1. The lowest BCUT2D eigenvalue weighted by Gasteiger charge is -2.35. The highest BCUT2D eigenvalue weighted by atomic mass is 127. The van der Waals surface area contributed by atoms with Crippen molar-refractivity contribution in [2.24, 2.45) is 4.99 Å². The van der Waals surface area contributed by atoms with E-state index >= 15 is 0 Å². The summed E-state index contributed by atoms with van der Waals surface area (Å²) >= 11 is 0. The van der Waals surface area contributed by atoms with Gasteiger partial charge in [-0.1, -0.05) is 18.2 Å². The van der Waals surface area contributed by atoms with Crippen molar-refractivity contribution in [3.8, 4) is 5.75 Å². The molecule has 2 unspecified atom stereocenters. The monoisotopic (exact) mass is 504 g/mol. The number of hydrogen-bond donors (Lipinski definition) is 2. The van der Waals surface area contributed by atoms with Crippen LogP contribution in [0.2, 0.25) is 0 Å². The zero-order chi connectivity index (χ0) is 19.5. The Morgan fingerprint density at radius 3 is 2.61 bits per heavy atom. The Hall–Kier alpha value is -1.06. The number of para-hydroxylation sites is 1. The molecule has 0 bridgehead atoms. The van der Waals surface area contributed by atoms with Gasteiger partial charge >= 0.3 is 0 Å². The average molecular weight is 504 g/mol. The first-order chi connectivity index (χ1) is 13.1. The smallest absolute Gasteiger partial charge is 0.191 e. The minimum atomic E-state index is 0. The molecule has 1 aromatic carbocycles. The van der Waals surface area contributed by atoms with Gasteiger partial charge in [0, 0.05) is 39.3 Å². The van der Waals surface area contributed by atoms with E-state index in [-0.39, 0.29) is 24.0 Å². The van der Waals surface area contributed by atoms with E-state index in [9.17, 15) is 0 Å². The zero-order valence-electron chi connectivity index (χ0n) is 17.7. The molecule has 6 nitrogen and oxygen atoms in total. The summed E-state index contributed by atoms with van der Waals surface area (Å²) in [7, 11) is 1.72. The van der Waals surface area contributed by atoms with Gasteiger partial charge in [0.2, 0.25) is 0 Å². The molecule has 0 amide bonds. The van der Waals surface area contributed by atoms with E-state index in [2.05, 4.69) is 42.4 Å². The summed E-state index contributed by atoms with van der Waals surface area (Å²) in [5, 5.41) is 6.75. The van der Waals surface area contributed by atoms with E-state index in [1.165, 1.54) is 5.56 Å². The lowest BCUT2D eigenvalue weighted by molar-refractivity contribution is -0.0679. The summed E-state index contributed by atoms with van der Waals surface area (Å²) in [5.74, 6) is 1.83. The second kappa shape index (κ2) is 14.0. The van der Waals surface area contributed by atoms with Crippen LogP contribution in [0.5, 0.6) is 5.75 Å². The molecule has 0 aliphatic carbocycles. The Balaban J connectivity index is 0.00000392. The molecule has 1 aromatic rings. The Kier molecular flexibility index (Phi) is 12.5. The summed E-state index contributed by atoms with van der Waals surface area (Å²) in [5.41, 5.74) is 1.21. The maximum Gasteiger partial charge on any atom is 0.191 e. The highest BCUT2D eigenvalue weighted by Gasteiger charge is 2.21. The lowest BCUT2D eigenvalue weighted by atomic mass is 10.1. The average Bonchev–Trinajstić information content (AvgIpc) is 2.64. The molecule has 0 radical (unpaired) electrons. The van der Waals surface area contributed by atoms with E-state index < -0.39 is 0 Å². The topological polar surface area (TPSA) is 58.1 Å². The highest BCUT2D eigenvalue weighted by Crippen LogP contribution is 2.17. The fraction of sp³-hybridized carbons (Fsp3) is 0.667. The summed E-state index contributed by atoms with van der Waals surface area (Å²) in [6.07, 6.45) is 2.61. The van der Waals surface area contributed by atoms with E-state index in [4.69, 9.17) is 14.5 Å². The number of ether oxygens (including phenoxy) is 2. The van der Waals surface area contributed by atoms with Crippen LogP contribution in [0.15, 0.2) is 29.3 Å². The molecule has 0 saturated carbocycles. The van der Waals surface area contributed by atoms with Crippen LogP contribution in [-0.4, -0.2) is 69.4 Å². The molecule has 0 spiro atoms. The van der Waals surface area contributed by atoms with Crippen molar-refractivity contribution in [2.45, 2.75) is 45.8 Å². The Morgan fingerprint density at radius 2 is 1.93 bits per heavy atom. The van der Waals surface area contributed by atoms with Gasteiger partial charge in [-0.3, -0.25) is 9.89 Å². The third-order valence-electron chi connectivity index (χ3n) is 4.62. The first-order valence-corrected chi connectivity index (χ1v) is 10.1. The van der Waals surface area contributed by atoms with Crippen LogP contribution in [-0.2, 0) is 11.2 Å². The van der Waals surface area contributed by atoms with E-state index in [0.29, 0.717) is 12.2 Å². The summed E-state index contributed by atoms with van der Waals surface area (Å²) in [6.45, 7) is 12.0. The van der Waals surface area contributed by atoms with Crippen molar-refractivity contribution in [1.82, 2.24) is 15.5 Å². The quantitative estimate of drug-likeness (QED) is 0.235. The third-order valence-corrected chi connectivity index (χ3v) is 4.62. The predicted octanol–water partition coefficient (Wildman–Crippen LogP) is 2.91. The van der Waals surface area contributed by atoms with Crippen molar-refractivity contribution in [2.75, 3.05) is 46.4 Å². The number of rotatable bonds is 9. The second-order valence-corrected chi connectivity index (χ2v) is 7.12. The minimum Gasteiger partial charge on any atom is -0.496 e. The van der Waals surface area contributed by atoms with Crippen molar-refractivity contribution in [3.63, 3.8) is 0 Å². The van der Waals surface area contributed by atoms with Crippen LogP contribution in [0.25, 0.3) is 0 Å².